The second-order valence-electron chi connectivity index (χ2n) is 8.99. The minimum atomic E-state index is -3.22. The van der Waals surface area contributed by atoms with Gasteiger partial charge >= 0.3 is 17.1 Å². The summed E-state index contributed by atoms with van der Waals surface area (Å²) in [4.78, 5) is 41.2. The lowest BCUT2D eigenvalue weighted by atomic mass is 10.2. The van der Waals surface area contributed by atoms with Crippen LogP contribution in [0.5, 0.6) is 0 Å². The molecule has 0 saturated heterocycles. The molecule has 19 heteroatoms. The lowest BCUT2D eigenvalue weighted by molar-refractivity contribution is 0.0509. The van der Waals surface area contributed by atoms with Crippen molar-refractivity contribution < 1.29 is 28.4 Å². The third-order valence-corrected chi connectivity index (χ3v) is 6.21. The summed E-state index contributed by atoms with van der Waals surface area (Å²) >= 11 is 20.6. The van der Waals surface area contributed by atoms with Crippen molar-refractivity contribution in [3.05, 3.63) is 80.5 Å². The summed E-state index contributed by atoms with van der Waals surface area (Å²) < 4.78 is 24.1. The van der Waals surface area contributed by atoms with E-state index in [-0.39, 0.29) is 29.4 Å². The summed E-state index contributed by atoms with van der Waals surface area (Å²) in [5.41, 5.74) is 7.51. The summed E-state index contributed by atoms with van der Waals surface area (Å²) in [7, 11) is 3.60. The van der Waals surface area contributed by atoms with Crippen molar-refractivity contribution in [3.8, 4) is 11.4 Å². The number of esters is 2. The highest BCUT2D eigenvalue weighted by atomic mass is 79.9. The molecule has 4 aromatic rings. The predicted octanol–water partition coefficient (Wildman–Crippen LogP) is 8.05. The third-order valence-electron chi connectivity index (χ3n) is 5.22. The number of aromatic nitrogens is 4. The Kier molecular flexibility index (Phi) is 16.1. The molecule has 2 aromatic heterocycles. The molecule has 13 nitrogen and oxygen atoms in total. The Bertz CT molecular complexity index is 1770. The van der Waals surface area contributed by atoms with Crippen LogP contribution in [0.4, 0.5) is 11.6 Å². The highest BCUT2D eigenvalue weighted by Gasteiger charge is 2.24. The summed E-state index contributed by atoms with van der Waals surface area (Å²) in [5, 5.41) is 5.16. The van der Waals surface area contributed by atoms with E-state index in [9.17, 15) is 18.9 Å². The Balaban J connectivity index is 0.000000294. The largest absolute Gasteiger partial charge is 0.461 e. The van der Waals surface area contributed by atoms with Crippen LogP contribution in [0.3, 0.4) is 0 Å². The number of nitrogens with two attached hydrogens (primary N) is 1. The van der Waals surface area contributed by atoms with Crippen LogP contribution in [0.25, 0.3) is 11.4 Å². The average molecular weight is 857 g/mol. The summed E-state index contributed by atoms with van der Waals surface area (Å²) in [5.74, 6) is -0.483. The monoisotopic (exact) mass is 853 g/mol. The molecule has 2 aromatic carbocycles. The van der Waals surface area contributed by atoms with Crippen LogP contribution in [0.2, 0.25) is 0 Å². The number of aliphatic imine (C=N–C) groups is 1. The van der Waals surface area contributed by atoms with Gasteiger partial charge in [0.05, 0.1) is 36.5 Å². The SMILES string of the molecule is CCOC(=O)c1cc(N)n(-c2cccc(Br)c2)n1.CCOC(=O)c1nn(-c2cccc(Br)c2)c(N=CN(C)C)c1C=O.O=P(Cl)(Cl)Cl. The molecule has 0 spiro atoms. The van der Waals surface area contributed by atoms with Crippen molar-refractivity contribution >= 4 is 107 Å². The van der Waals surface area contributed by atoms with Gasteiger partial charge in [-0.1, -0.05) is 44.0 Å². The number of aldehydes is 1. The molecule has 47 heavy (non-hydrogen) atoms. The van der Waals surface area contributed by atoms with Gasteiger partial charge in [0.1, 0.15) is 5.82 Å². The van der Waals surface area contributed by atoms with Crippen LogP contribution < -0.4 is 5.73 Å². The highest BCUT2D eigenvalue weighted by Crippen LogP contribution is 2.61. The van der Waals surface area contributed by atoms with Crippen molar-refractivity contribution in [1.82, 2.24) is 24.5 Å². The van der Waals surface area contributed by atoms with Crippen LogP contribution in [0.15, 0.2) is 68.5 Å². The molecule has 0 amide bonds. The van der Waals surface area contributed by atoms with Crippen LogP contribution in [0, 0.1) is 0 Å². The molecular formula is C28H29Br2Cl3N7O6P. The van der Waals surface area contributed by atoms with E-state index in [0.717, 1.165) is 14.6 Å². The predicted molar refractivity (Wildman–Crippen MR) is 191 cm³/mol. The van der Waals surface area contributed by atoms with E-state index in [1.807, 2.05) is 42.5 Å². The molecule has 2 N–H and O–H groups in total. The van der Waals surface area contributed by atoms with Crippen LogP contribution in [-0.4, -0.2) is 76.3 Å². The number of hydrogen-bond acceptors (Lipinski definition) is 10. The fourth-order valence-corrected chi connectivity index (χ4v) is 4.25. The van der Waals surface area contributed by atoms with Gasteiger partial charge in [0.2, 0.25) is 0 Å². The Morgan fingerprint density at radius 3 is 1.91 bits per heavy atom. The summed E-state index contributed by atoms with van der Waals surface area (Å²) in [6.45, 7) is 3.93. The molecule has 2 heterocycles. The molecule has 0 atom stereocenters. The molecule has 4 rings (SSSR count). The van der Waals surface area contributed by atoms with Gasteiger partial charge in [-0.15, -0.1) is 0 Å². The van der Waals surface area contributed by atoms with Gasteiger partial charge in [-0.2, -0.15) is 10.2 Å². The van der Waals surface area contributed by atoms with Gasteiger partial charge in [-0.3, -0.25) is 9.36 Å². The van der Waals surface area contributed by atoms with Crippen molar-refractivity contribution in [2.24, 2.45) is 4.99 Å². The second kappa shape index (κ2) is 19.0. The Morgan fingerprint density at radius 1 is 0.936 bits per heavy atom. The zero-order valence-corrected chi connectivity index (χ0v) is 31.6. The highest BCUT2D eigenvalue weighted by molar-refractivity contribution is 9.10. The van der Waals surface area contributed by atoms with Crippen LogP contribution >= 0.6 is 70.8 Å². The lowest BCUT2D eigenvalue weighted by Crippen LogP contribution is -2.08. The first kappa shape index (κ1) is 40.0. The van der Waals surface area contributed by atoms with Crippen molar-refractivity contribution in [2.45, 2.75) is 13.8 Å². The third kappa shape index (κ3) is 13.1. The van der Waals surface area contributed by atoms with Crippen molar-refractivity contribution in [2.75, 3.05) is 33.0 Å². The first-order valence-corrected chi connectivity index (χ1v) is 19.3. The first-order chi connectivity index (χ1) is 22.1. The number of ether oxygens (including phenoxy) is 2. The average Bonchev–Trinajstić information content (AvgIpc) is 3.56. The minimum Gasteiger partial charge on any atom is -0.461 e. The number of carbonyl (C=O) groups excluding carboxylic acids is 3. The number of hydrogen-bond donors (Lipinski definition) is 1. The van der Waals surface area contributed by atoms with E-state index < -0.39 is 17.1 Å². The zero-order chi connectivity index (χ0) is 35.3. The van der Waals surface area contributed by atoms with Gasteiger partial charge in [-0.25, -0.2) is 23.9 Å². The maximum atomic E-state index is 12.1. The quantitative estimate of drug-likeness (QED) is 0.0573. The molecule has 0 radical (unpaired) electrons. The number of nitrogens with zero attached hydrogens (tertiary/aromatic N) is 6. The minimum absolute atomic E-state index is 0.0577. The topological polar surface area (TPSA) is 164 Å². The van der Waals surface area contributed by atoms with E-state index in [2.05, 4.69) is 80.8 Å². The maximum Gasteiger partial charge on any atom is 0.359 e. The number of rotatable bonds is 9. The molecular weight excluding hydrogens is 827 g/mol. The van der Waals surface area contributed by atoms with E-state index >= 15 is 0 Å². The van der Waals surface area contributed by atoms with E-state index in [1.54, 1.807) is 38.9 Å². The molecule has 0 bridgehead atoms. The molecule has 0 unspecified atom stereocenters. The fourth-order valence-electron chi connectivity index (χ4n) is 3.48. The van der Waals surface area contributed by atoms with E-state index in [4.69, 9.17) is 15.2 Å². The lowest BCUT2D eigenvalue weighted by Gasteiger charge is -2.06. The second-order valence-corrected chi connectivity index (χ2v) is 17.5. The number of halogens is 5. The Morgan fingerprint density at radius 2 is 1.45 bits per heavy atom. The van der Waals surface area contributed by atoms with Crippen LogP contribution in [-0.2, 0) is 14.0 Å². The molecule has 0 aliphatic carbocycles. The van der Waals surface area contributed by atoms with Gasteiger partial charge in [-0.05, 0) is 84.0 Å². The van der Waals surface area contributed by atoms with Gasteiger partial charge in [0.15, 0.2) is 23.5 Å². The maximum absolute atomic E-state index is 12.1. The number of nitrogen functional groups attached to an aromatic ring is 1. The first-order valence-electron chi connectivity index (χ1n) is 13.3. The number of anilines is 1. The molecule has 0 fully saturated rings. The van der Waals surface area contributed by atoms with E-state index in [0.29, 0.717) is 24.4 Å². The number of carbonyl (C=O) groups is 3. The Hall–Kier alpha value is -3.20. The van der Waals surface area contributed by atoms with Crippen LogP contribution in [0.1, 0.15) is 45.2 Å². The van der Waals surface area contributed by atoms with Gasteiger partial charge in [0, 0.05) is 29.1 Å². The van der Waals surface area contributed by atoms with Crippen molar-refractivity contribution in [3.63, 3.8) is 0 Å². The Labute approximate surface area is 301 Å². The summed E-state index contributed by atoms with van der Waals surface area (Å²) in [6.07, 6.45) is 2.10. The molecule has 0 aliphatic heterocycles. The fraction of sp³-hybridized carbons (Fsp3) is 0.214. The molecule has 0 aliphatic rings. The van der Waals surface area contributed by atoms with Gasteiger partial charge in [0.25, 0.3) is 0 Å². The zero-order valence-electron chi connectivity index (χ0n) is 25.3. The summed E-state index contributed by atoms with van der Waals surface area (Å²) in [6, 6.07) is 16.3. The standard InChI is InChI=1S/C16H17BrN4O3.C12H12BrN3O2.Cl3OP/c1-4-24-16(23)14-13(9-22)15(18-10-20(2)3)21(19-14)12-7-5-6-11(17)8-12;1-2-18-12(17)10-7-11(14)16(15-10)9-5-3-4-8(13)6-9;1-5(2,3)4/h5-10H,4H2,1-3H3;3-7H,2,14H2,1H3;. The normalized spacial score (nSPS) is 10.7. The van der Waals surface area contributed by atoms with Crippen molar-refractivity contribution in [1.29, 1.82) is 0 Å². The smallest absolute Gasteiger partial charge is 0.359 e. The van der Waals surface area contributed by atoms with E-state index in [1.165, 1.54) is 21.8 Å². The molecule has 0 saturated carbocycles. The van der Waals surface area contributed by atoms with Gasteiger partial charge < -0.3 is 20.1 Å². The number of benzene rings is 2. The molecule has 252 valence electrons.